The minimum Gasteiger partial charge on any atom is -0.365 e. The van der Waals surface area contributed by atoms with Gasteiger partial charge in [0.25, 0.3) is 5.56 Å². The molecule has 0 bridgehead atoms. The summed E-state index contributed by atoms with van der Waals surface area (Å²) in [6.45, 7) is 6.74. The van der Waals surface area contributed by atoms with Gasteiger partial charge in [-0.15, -0.1) is 0 Å². The van der Waals surface area contributed by atoms with Crippen LogP contribution in [0.25, 0.3) is 22.2 Å². The summed E-state index contributed by atoms with van der Waals surface area (Å²) in [7, 11) is 3.27. The summed E-state index contributed by atoms with van der Waals surface area (Å²) in [5.74, 6) is 0. The third kappa shape index (κ3) is 2.83. The lowest BCUT2D eigenvalue weighted by molar-refractivity contribution is -0.00707. The molecule has 2 aromatic heterocycles. The first-order valence-electron chi connectivity index (χ1n) is 10.8. The van der Waals surface area contributed by atoms with E-state index in [4.69, 9.17) is 4.74 Å². The summed E-state index contributed by atoms with van der Waals surface area (Å²) < 4.78 is 11.4. The van der Waals surface area contributed by atoms with Gasteiger partial charge in [-0.2, -0.15) is 0 Å². The van der Waals surface area contributed by atoms with Crippen molar-refractivity contribution < 1.29 is 4.74 Å². The predicted octanol–water partition coefficient (Wildman–Crippen LogP) is 3.87. The number of nitrogens with zero attached hydrogens (tertiary/aromatic N) is 3. The van der Waals surface area contributed by atoms with Gasteiger partial charge in [-0.1, -0.05) is 60.2 Å². The first-order chi connectivity index (χ1) is 15.2. The molecule has 6 nitrogen and oxygen atoms in total. The zero-order valence-corrected chi connectivity index (χ0v) is 19.0. The third-order valence-corrected chi connectivity index (χ3v) is 6.49. The molecule has 2 aromatic carbocycles. The van der Waals surface area contributed by atoms with Crippen LogP contribution in [0.4, 0.5) is 0 Å². The van der Waals surface area contributed by atoms with Gasteiger partial charge < -0.3 is 9.30 Å². The largest absolute Gasteiger partial charge is 0.365 e. The first kappa shape index (κ1) is 20.5. The van der Waals surface area contributed by atoms with E-state index in [0.29, 0.717) is 17.5 Å². The number of benzene rings is 2. The molecule has 4 aromatic rings. The summed E-state index contributed by atoms with van der Waals surface area (Å²) in [4.78, 5) is 26.5. The fraction of sp³-hybridized carbons (Fsp3) is 0.308. The smallest absolute Gasteiger partial charge is 0.331 e. The SMILES string of the molecule is Cc1ccc(-c2c3c(=O)n(C)c(=O)n(C)c3c3n2C(C)(C)CO[C@@H]3c2ccccc2)cc1. The van der Waals surface area contributed by atoms with Crippen LogP contribution in [0.2, 0.25) is 0 Å². The Labute approximate surface area is 186 Å². The van der Waals surface area contributed by atoms with Crippen LogP contribution < -0.4 is 11.2 Å². The molecule has 0 fully saturated rings. The number of rotatable bonds is 2. The van der Waals surface area contributed by atoms with Crippen LogP contribution in [0.3, 0.4) is 0 Å². The minimum atomic E-state index is -0.416. The van der Waals surface area contributed by atoms with Crippen LogP contribution >= 0.6 is 0 Å². The van der Waals surface area contributed by atoms with E-state index in [1.807, 2.05) is 49.4 Å². The van der Waals surface area contributed by atoms with Crippen molar-refractivity contribution in [2.45, 2.75) is 32.4 Å². The average molecular weight is 430 g/mol. The average Bonchev–Trinajstić information content (AvgIpc) is 3.15. The van der Waals surface area contributed by atoms with E-state index in [0.717, 1.165) is 28.1 Å². The van der Waals surface area contributed by atoms with Crippen LogP contribution in [0, 0.1) is 6.92 Å². The van der Waals surface area contributed by atoms with Crippen molar-refractivity contribution in [2.75, 3.05) is 6.61 Å². The Balaban J connectivity index is 2.02. The molecule has 0 unspecified atom stereocenters. The summed E-state index contributed by atoms with van der Waals surface area (Å²) in [5, 5.41) is 0.549. The van der Waals surface area contributed by atoms with Gasteiger partial charge in [-0.3, -0.25) is 13.9 Å². The highest BCUT2D eigenvalue weighted by molar-refractivity contribution is 5.96. The predicted molar refractivity (Wildman–Crippen MR) is 126 cm³/mol. The maximum Gasteiger partial charge on any atom is 0.331 e. The number of fused-ring (bicyclic) bond motifs is 3. The van der Waals surface area contributed by atoms with Crippen molar-refractivity contribution >= 4 is 10.9 Å². The summed E-state index contributed by atoms with van der Waals surface area (Å²) in [6.07, 6.45) is -0.386. The van der Waals surface area contributed by atoms with Crippen LogP contribution in [0.5, 0.6) is 0 Å². The normalized spacial score (nSPS) is 17.5. The molecule has 0 aliphatic carbocycles. The Hall–Kier alpha value is -3.38. The second-order valence-corrected chi connectivity index (χ2v) is 9.28. The van der Waals surface area contributed by atoms with Gasteiger partial charge in [-0.25, -0.2) is 4.79 Å². The molecule has 5 rings (SSSR count). The van der Waals surface area contributed by atoms with E-state index in [9.17, 15) is 9.59 Å². The monoisotopic (exact) mass is 429 g/mol. The molecule has 0 N–H and O–H groups in total. The molecule has 1 atom stereocenters. The summed E-state index contributed by atoms with van der Waals surface area (Å²) >= 11 is 0. The van der Waals surface area contributed by atoms with E-state index < -0.39 is 5.54 Å². The maximum absolute atomic E-state index is 13.5. The fourth-order valence-electron chi connectivity index (χ4n) is 4.86. The highest BCUT2D eigenvalue weighted by Gasteiger charge is 2.40. The summed E-state index contributed by atoms with van der Waals surface area (Å²) in [6, 6.07) is 18.2. The molecule has 1 aliphatic rings. The zero-order valence-electron chi connectivity index (χ0n) is 19.0. The van der Waals surface area contributed by atoms with Crippen molar-refractivity contribution in [1.29, 1.82) is 0 Å². The second-order valence-electron chi connectivity index (χ2n) is 9.28. The molecule has 0 spiro atoms. The molecular formula is C26H27N3O3. The van der Waals surface area contributed by atoms with Crippen molar-refractivity contribution in [2.24, 2.45) is 14.1 Å². The quantitative estimate of drug-likeness (QED) is 0.486. The number of hydrogen-bond acceptors (Lipinski definition) is 3. The van der Waals surface area contributed by atoms with Gasteiger partial charge in [0.1, 0.15) is 6.10 Å². The van der Waals surface area contributed by atoms with Crippen LogP contribution in [-0.4, -0.2) is 20.3 Å². The molecule has 32 heavy (non-hydrogen) atoms. The van der Waals surface area contributed by atoms with Gasteiger partial charge in [-0.05, 0) is 31.9 Å². The number of aromatic nitrogens is 3. The van der Waals surface area contributed by atoms with E-state index in [1.54, 1.807) is 11.6 Å². The minimum absolute atomic E-state index is 0.289. The molecule has 6 heteroatoms. The van der Waals surface area contributed by atoms with Crippen molar-refractivity contribution in [1.82, 2.24) is 13.7 Å². The Kier molecular flexibility index (Phi) is 4.53. The fourth-order valence-corrected chi connectivity index (χ4v) is 4.86. The lowest BCUT2D eigenvalue weighted by Gasteiger charge is -2.39. The molecular weight excluding hydrogens is 402 g/mol. The highest BCUT2D eigenvalue weighted by atomic mass is 16.5. The standard InChI is InChI=1S/C26H27N3O3/c1-16-11-13-17(14-12-16)20-19-21(27(4)25(31)28(5)24(19)30)22-23(18-9-7-6-8-10-18)32-15-26(2,3)29(20)22/h6-14,23H,15H2,1-5H3/t23-/m1/s1. The van der Waals surface area contributed by atoms with Gasteiger partial charge in [0.15, 0.2) is 0 Å². The summed E-state index contributed by atoms with van der Waals surface area (Å²) in [5.41, 5.74) is 4.35. The lowest BCUT2D eigenvalue weighted by atomic mass is 9.98. The molecule has 3 heterocycles. The van der Waals surface area contributed by atoms with Crippen LogP contribution in [0.1, 0.15) is 36.8 Å². The number of hydrogen-bond donors (Lipinski definition) is 0. The van der Waals surface area contributed by atoms with E-state index in [-0.39, 0.29) is 17.4 Å². The van der Waals surface area contributed by atoms with E-state index in [1.165, 1.54) is 11.6 Å². The number of ether oxygens (including phenoxy) is 1. The van der Waals surface area contributed by atoms with Crippen molar-refractivity contribution in [3.63, 3.8) is 0 Å². The Morgan fingerprint density at radius 3 is 2.25 bits per heavy atom. The maximum atomic E-state index is 13.5. The first-order valence-corrected chi connectivity index (χ1v) is 10.8. The van der Waals surface area contributed by atoms with Crippen molar-refractivity contribution in [3.05, 3.63) is 92.3 Å². The second kappa shape index (κ2) is 7.07. The highest BCUT2D eigenvalue weighted by Crippen LogP contribution is 2.45. The molecule has 0 saturated heterocycles. The van der Waals surface area contributed by atoms with Crippen molar-refractivity contribution in [3.8, 4) is 11.3 Å². The molecule has 164 valence electrons. The molecule has 0 amide bonds. The van der Waals surface area contributed by atoms with Gasteiger partial charge in [0.2, 0.25) is 0 Å². The zero-order chi connectivity index (χ0) is 22.8. The van der Waals surface area contributed by atoms with Gasteiger partial charge in [0.05, 0.1) is 34.4 Å². The van der Waals surface area contributed by atoms with E-state index >= 15 is 0 Å². The van der Waals surface area contributed by atoms with E-state index in [2.05, 4.69) is 30.5 Å². The lowest BCUT2D eigenvalue weighted by Crippen LogP contribution is -2.40. The topological polar surface area (TPSA) is 58.2 Å². The molecule has 1 aliphatic heterocycles. The third-order valence-electron chi connectivity index (χ3n) is 6.49. The van der Waals surface area contributed by atoms with Gasteiger partial charge >= 0.3 is 5.69 Å². The van der Waals surface area contributed by atoms with Crippen LogP contribution in [-0.2, 0) is 24.4 Å². The Bertz CT molecular complexity index is 1460. The van der Waals surface area contributed by atoms with Gasteiger partial charge in [0, 0.05) is 14.1 Å². The van der Waals surface area contributed by atoms with Crippen LogP contribution in [0.15, 0.2) is 64.2 Å². The molecule has 0 radical (unpaired) electrons. The Morgan fingerprint density at radius 2 is 1.59 bits per heavy atom. The molecule has 0 saturated carbocycles. The Morgan fingerprint density at radius 1 is 0.938 bits per heavy atom. The number of aryl methyl sites for hydroxylation is 2.